The fourth-order valence-corrected chi connectivity index (χ4v) is 3.25. The molecule has 13 heteroatoms. The molecular formula is C18H18F3N3O7. The Morgan fingerprint density at radius 3 is 2.35 bits per heavy atom. The van der Waals surface area contributed by atoms with E-state index in [-0.39, 0.29) is 36.6 Å². The minimum atomic E-state index is -4.82. The van der Waals surface area contributed by atoms with E-state index in [1.165, 1.54) is 19.9 Å². The lowest BCUT2D eigenvalue weighted by atomic mass is 9.81. The van der Waals surface area contributed by atoms with Crippen molar-refractivity contribution in [2.24, 2.45) is 0 Å². The second-order valence-electron chi connectivity index (χ2n) is 6.50. The summed E-state index contributed by atoms with van der Waals surface area (Å²) in [7, 11) is 0. The van der Waals surface area contributed by atoms with Gasteiger partial charge in [-0.05, 0) is 25.5 Å². The lowest BCUT2D eigenvalue weighted by Crippen LogP contribution is -2.32. The number of nitrogens with one attached hydrogen (secondary N) is 1. The number of nitro groups is 1. The minimum absolute atomic E-state index is 0.0135. The molecule has 0 saturated carbocycles. The van der Waals surface area contributed by atoms with Crippen LogP contribution in [0.15, 0.2) is 46.9 Å². The molecule has 1 aliphatic heterocycles. The zero-order valence-electron chi connectivity index (χ0n) is 16.4. The second-order valence-corrected chi connectivity index (χ2v) is 6.50. The molecule has 0 amide bonds. The van der Waals surface area contributed by atoms with E-state index >= 15 is 0 Å². The number of alkyl halides is 3. The number of benzene rings is 1. The predicted molar refractivity (Wildman–Crippen MR) is 98.2 cm³/mol. The summed E-state index contributed by atoms with van der Waals surface area (Å²) in [6.07, 6.45) is -4.88. The van der Waals surface area contributed by atoms with Gasteiger partial charge in [0.1, 0.15) is 5.92 Å². The Kier molecular flexibility index (Phi) is 7.20. The van der Waals surface area contributed by atoms with Gasteiger partial charge >= 0.3 is 12.1 Å². The van der Waals surface area contributed by atoms with Crippen molar-refractivity contribution >= 4 is 5.97 Å². The van der Waals surface area contributed by atoms with E-state index in [0.717, 1.165) is 18.2 Å². The molecule has 1 N–H and O–H groups in total. The van der Waals surface area contributed by atoms with Crippen LogP contribution in [0.1, 0.15) is 37.3 Å². The number of allylic oxidation sites excluding steroid dienone is 3. The third kappa shape index (κ3) is 5.49. The van der Waals surface area contributed by atoms with Crippen molar-refractivity contribution in [3.05, 3.63) is 78.3 Å². The Bertz CT molecular complexity index is 957. The Balaban J connectivity index is 2.47. The summed E-state index contributed by atoms with van der Waals surface area (Å²) in [5.41, 5.74) is -2.48. The summed E-state index contributed by atoms with van der Waals surface area (Å²) < 4.78 is 45.8. The van der Waals surface area contributed by atoms with E-state index in [1.54, 1.807) is 0 Å². The maximum Gasteiger partial charge on any atom is 0.416 e. The quantitative estimate of drug-likeness (QED) is 0.279. The smallest absolute Gasteiger partial charge is 0.416 e. The number of nitrogens with zero attached hydrogens (tertiary/aromatic N) is 2. The molecule has 1 atom stereocenters. The van der Waals surface area contributed by atoms with E-state index in [0.29, 0.717) is 0 Å². The molecule has 1 aromatic carbocycles. The first kappa shape index (κ1) is 23.6. The van der Waals surface area contributed by atoms with Gasteiger partial charge in [-0.15, -0.1) is 10.1 Å². The molecule has 1 unspecified atom stereocenters. The van der Waals surface area contributed by atoms with Crippen molar-refractivity contribution in [1.82, 2.24) is 5.32 Å². The van der Waals surface area contributed by atoms with E-state index in [2.05, 4.69) is 10.2 Å². The number of carbonyl (C=O) groups is 1. The Morgan fingerprint density at radius 2 is 1.77 bits per heavy atom. The van der Waals surface area contributed by atoms with E-state index in [1.807, 2.05) is 0 Å². The molecule has 1 aromatic rings. The fourth-order valence-electron chi connectivity index (χ4n) is 3.25. The summed E-state index contributed by atoms with van der Waals surface area (Å²) in [5.74, 6) is -2.73. The standard InChI is InChI=1S/C18H18F3N3O7/c1-10-14(17(25)30-8-5-9-31-24(28)29)15(16(23(26)27)11(2)22-10)12-6-3-4-7-13(12)18(19,20)21/h3-4,6-7,15,22H,5,8-9H2,1-2H3. The first-order valence-corrected chi connectivity index (χ1v) is 8.88. The van der Waals surface area contributed by atoms with Gasteiger partial charge < -0.3 is 14.9 Å². The first-order chi connectivity index (χ1) is 14.4. The van der Waals surface area contributed by atoms with Crippen LogP contribution in [0.3, 0.4) is 0 Å². The monoisotopic (exact) mass is 445 g/mol. The largest absolute Gasteiger partial charge is 0.462 e. The van der Waals surface area contributed by atoms with Gasteiger partial charge in [-0.3, -0.25) is 10.1 Å². The molecular weight excluding hydrogens is 427 g/mol. The molecule has 0 aromatic heterocycles. The summed E-state index contributed by atoms with van der Waals surface area (Å²) in [6, 6.07) is 4.27. The molecule has 10 nitrogen and oxygen atoms in total. The van der Waals surface area contributed by atoms with Crippen molar-refractivity contribution in [2.75, 3.05) is 13.2 Å². The fraction of sp³-hybridized carbons (Fsp3) is 0.389. The van der Waals surface area contributed by atoms with Crippen LogP contribution in [-0.2, 0) is 20.5 Å². The van der Waals surface area contributed by atoms with Gasteiger partial charge in [0.15, 0.2) is 0 Å². The van der Waals surface area contributed by atoms with Crippen LogP contribution in [0.25, 0.3) is 0 Å². The number of hydrogen-bond donors (Lipinski definition) is 1. The number of dihydropyridines is 1. The van der Waals surface area contributed by atoms with Crippen molar-refractivity contribution in [3.63, 3.8) is 0 Å². The molecule has 0 radical (unpaired) electrons. The van der Waals surface area contributed by atoms with Crippen molar-refractivity contribution in [3.8, 4) is 0 Å². The molecule has 0 saturated heterocycles. The highest BCUT2D eigenvalue weighted by Gasteiger charge is 2.45. The summed E-state index contributed by atoms with van der Waals surface area (Å²) >= 11 is 0. The zero-order valence-corrected chi connectivity index (χ0v) is 16.4. The number of rotatable bonds is 8. The van der Waals surface area contributed by atoms with Crippen LogP contribution in [-0.4, -0.2) is 29.2 Å². The lowest BCUT2D eigenvalue weighted by molar-refractivity contribution is -0.757. The minimum Gasteiger partial charge on any atom is -0.462 e. The van der Waals surface area contributed by atoms with Gasteiger partial charge in [0.05, 0.1) is 35.0 Å². The number of esters is 1. The van der Waals surface area contributed by atoms with Crippen molar-refractivity contribution < 1.29 is 37.6 Å². The summed E-state index contributed by atoms with van der Waals surface area (Å²) in [5, 5.41) is 23.5. The highest BCUT2D eigenvalue weighted by atomic mass is 19.4. The molecule has 0 aliphatic carbocycles. The molecule has 31 heavy (non-hydrogen) atoms. The molecule has 2 rings (SSSR count). The molecule has 1 aliphatic rings. The molecule has 1 heterocycles. The van der Waals surface area contributed by atoms with Gasteiger partial charge in [-0.25, -0.2) is 4.79 Å². The Hall–Kier alpha value is -3.64. The Labute approximate surface area is 173 Å². The van der Waals surface area contributed by atoms with Crippen LogP contribution in [0.4, 0.5) is 13.2 Å². The van der Waals surface area contributed by atoms with Crippen molar-refractivity contribution in [2.45, 2.75) is 32.4 Å². The topological polar surface area (TPSA) is 134 Å². The van der Waals surface area contributed by atoms with Gasteiger partial charge in [0.25, 0.3) is 10.8 Å². The SMILES string of the molecule is CC1=C(C(=O)OCCCO[N+](=O)[O-])C(c2ccccc2C(F)(F)F)C([N+](=O)[O-])=C(C)N1. The highest BCUT2D eigenvalue weighted by Crippen LogP contribution is 2.44. The normalized spacial score (nSPS) is 16.6. The van der Waals surface area contributed by atoms with Gasteiger partial charge in [-0.2, -0.15) is 13.2 Å². The number of hydrogen-bond acceptors (Lipinski definition) is 8. The van der Waals surface area contributed by atoms with E-state index < -0.39 is 44.9 Å². The highest BCUT2D eigenvalue weighted by molar-refractivity contribution is 5.92. The summed E-state index contributed by atoms with van der Waals surface area (Å²) in [4.78, 5) is 37.8. The van der Waals surface area contributed by atoms with Gasteiger partial charge in [0, 0.05) is 12.1 Å². The van der Waals surface area contributed by atoms with Crippen LogP contribution < -0.4 is 5.32 Å². The first-order valence-electron chi connectivity index (χ1n) is 8.88. The number of carbonyl (C=O) groups excluding carboxylic acids is 1. The molecule has 168 valence electrons. The zero-order chi connectivity index (χ0) is 23.3. The summed E-state index contributed by atoms with van der Waals surface area (Å²) in [6.45, 7) is 2.00. The lowest BCUT2D eigenvalue weighted by Gasteiger charge is -2.28. The third-order valence-electron chi connectivity index (χ3n) is 4.44. The van der Waals surface area contributed by atoms with Crippen LogP contribution in [0.2, 0.25) is 0 Å². The molecule has 0 fully saturated rings. The maximum atomic E-state index is 13.6. The average molecular weight is 445 g/mol. The van der Waals surface area contributed by atoms with Crippen molar-refractivity contribution in [1.29, 1.82) is 0 Å². The van der Waals surface area contributed by atoms with E-state index in [9.17, 15) is 38.2 Å². The second kappa shape index (κ2) is 9.45. The molecule has 0 spiro atoms. The van der Waals surface area contributed by atoms with Gasteiger partial charge in [0.2, 0.25) is 0 Å². The average Bonchev–Trinajstić information content (AvgIpc) is 2.65. The molecule has 0 bridgehead atoms. The van der Waals surface area contributed by atoms with Crippen LogP contribution in [0.5, 0.6) is 0 Å². The number of halogens is 3. The van der Waals surface area contributed by atoms with E-state index in [4.69, 9.17) is 4.74 Å². The maximum absolute atomic E-state index is 13.6. The van der Waals surface area contributed by atoms with Crippen LogP contribution in [0, 0.1) is 20.2 Å². The Morgan fingerprint density at radius 1 is 1.13 bits per heavy atom. The van der Waals surface area contributed by atoms with Crippen LogP contribution >= 0.6 is 0 Å². The number of ether oxygens (including phenoxy) is 1. The van der Waals surface area contributed by atoms with Gasteiger partial charge in [-0.1, -0.05) is 18.2 Å². The third-order valence-corrected chi connectivity index (χ3v) is 4.44. The predicted octanol–water partition coefficient (Wildman–Crippen LogP) is 3.32.